The predicted molar refractivity (Wildman–Crippen MR) is 178 cm³/mol. The van der Waals surface area contributed by atoms with E-state index in [4.69, 9.17) is 27.9 Å². The van der Waals surface area contributed by atoms with Crippen LogP contribution < -0.4 is 15.1 Å². The van der Waals surface area contributed by atoms with Gasteiger partial charge in [0.15, 0.2) is 0 Å². The quantitative estimate of drug-likeness (QED) is 0.256. The number of anilines is 2. The molecule has 0 atom stereocenters. The highest BCUT2D eigenvalue weighted by atomic mass is 35.5. The number of ether oxygens (including phenoxy) is 1. The minimum Gasteiger partial charge on any atom is -0.444 e. The lowest BCUT2D eigenvalue weighted by Crippen LogP contribution is -2.50. The highest BCUT2D eigenvalue weighted by Crippen LogP contribution is 2.23. The average molecular weight is 630 g/mol. The highest BCUT2D eigenvalue weighted by Gasteiger charge is 2.26. The van der Waals surface area contributed by atoms with Crippen molar-refractivity contribution < 1.29 is 9.53 Å². The minimum atomic E-state index is -0.471. The van der Waals surface area contributed by atoms with Crippen LogP contribution in [-0.4, -0.2) is 88.9 Å². The van der Waals surface area contributed by atoms with E-state index >= 15 is 0 Å². The number of nitrogens with zero attached hydrogens (tertiary/aromatic N) is 7. The summed E-state index contributed by atoms with van der Waals surface area (Å²) < 4.78 is 5.42. The molecule has 0 aromatic carbocycles. The van der Waals surface area contributed by atoms with E-state index in [0.717, 1.165) is 72.7 Å². The van der Waals surface area contributed by atoms with Crippen LogP contribution in [0.25, 0.3) is 22.1 Å². The van der Waals surface area contributed by atoms with Gasteiger partial charge in [-0.15, -0.1) is 0 Å². The normalized spacial score (nSPS) is 15.2. The molecule has 43 heavy (non-hydrogen) atoms. The molecular weight excluding hydrogens is 587 g/mol. The van der Waals surface area contributed by atoms with Crippen LogP contribution in [0, 0.1) is 0 Å². The van der Waals surface area contributed by atoms with Crippen LogP contribution in [0.2, 0.25) is 10.3 Å². The fourth-order valence-electron chi connectivity index (χ4n) is 4.68. The largest absolute Gasteiger partial charge is 0.444 e. The van der Waals surface area contributed by atoms with E-state index in [1.807, 2.05) is 51.4 Å². The Morgan fingerprint density at radius 1 is 0.744 bits per heavy atom. The van der Waals surface area contributed by atoms with Crippen molar-refractivity contribution in [2.45, 2.75) is 41.2 Å². The van der Waals surface area contributed by atoms with Gasteiger partial charge < -0.3 is 24.8 Å². The molecule has 0 bridgehead atoms. The van der Waals surface area contributed by atoms with Crippen molar-refractivity contribution in [3.05, 3.63) is 59.1 Å². The molecule has 232 valence electrons. The fourth-order valence-corrected chi connectivity index (χ4v) is 4.99. The number of fused-ring (bicyclic) bond motifs is 2. The Kier molecular flexibility index (Phi) is 11.7. The summed E-state index contributed by atoms with van der Waals surface area (Å²) in [4.78, 5) is 35.8. The van der Waals surface area contributed by atoms with Crippen LogP contribution in [0.5, 0.6) is 0 Å². The first kappa shape index (κ1) is 34.0. The van der Waals surface area contributed by atoms with E-state index in [1.54, 1.807) is 17.0 Å². The van der Waals surface area contributed by atoms with E-state index in [2.05, 4.69) is 41.1 Å². The second kappa shape index (κ2) is 14.8. The van der Waals surface area contributed by atoms with Gasteiger partial charge in [-0.2, -0.15) is 0 Å². The number of carbonyl (C=O) groups excluding carboxylic acids is 1. The van der Waals surface area contributed by atoms with Crippen molar-refractivity contribution in [1.29, 1.82) is 0 Å². The van der Waals surface area contributed by atoms with Gasteiger partial charge in [-0.25, -0.2) is 14.8 Å². The topological polar surface area (TPSA) is 99.6 Å². The van der Waals surface area contributed by atoms with Crippen molar-refractivity contribution in [3.63, 3.8) is 0 Å². The molecular formula is C31H42Cl2N8O2. The van der Waals surface area contributed by atoms with Crippen LogP contribution in [0.15, 0.2) is 48.8 Å². The predicted octanol–water partition coefficient (Wildman–Crippen LogP) is 6.31. The van der Waals surface area contributed by atoms with Crippen molar-refractivity contribution in [2.75, 3.05) is 62.2 Å². The van der Waals surface area contributed by atoms with Crippen LogP contribution in [-0.2, 0) is 4.74 Å². The minimum absolute atomic E-state index is 0. The Labute approximate surface area is 264 Å². The van der Waals surface area contributed by atoms with E-state index in [-0.39, 0.29) is 20.9 Å². The third-order valence-electron chi connectivity index (χ3n) is 6.76. The second-order valence-corrected chi connectivity index (χ2v) is 11.7. The Morgan fingerprint density at radius 3 is 1.67 bits per heavy atom. The third-order valence-corrected chi connectivity index (χ3v) is 7.18. The van der Waals surface area contributed by atoms with Gasteiger partial charge in [0.2, 0.25) is 0 Å². The maximum atomic E-state index is 12.1. The lowest BCUT2D eigenvalue weighted by molar-refractivity contribution is 0.0240. The molecule has 2 saturated heterocycles. The van der Waals surface area contributed by atoms with Gasteiger partial charge in [-0.05, 0) is 57.2 Å². The number of aromatic nitrogens is 4. The molecule has 4 aromatic heterocycles. The molecule has 10 nitrogen and oxygen atoms in total. The fraction of sp³-hybridized carbons (Fsp3) is 0.452. The first-order valence-electron chi connectivity index (χ1n) is 13.7. The van der Waals surface area contributed by atoms with Gasteiger partial charge in [-0.3, -0.25) is 9.97 Å². The van der Waals surface area contributed by atoms with Gasteiger partial charge in [0, 0.05) is 52.4 Å². The van der Waals surface area contributed by atoms with Crippen LogP contribution in [0.3, 0.4) is 0 Å². The van der Waals surface area contributed by atoms with E-state index < -0.39 is 5.60 Å². The number of rotatable bonds is 2. The summed E-state index contributed by atoms with van der Waals surface area (Å²) in [5.74, 6) is 0. The van der Waals surface area contributed by atoms with Gasteiger partial charge in [0.05, 0.1) is 45.8 Å². The Hall–Kier alpha value is -3.47. The van der Waals surface area contributed by atoms with Gasteiger partial charge in [0.1, 0.15) is 15.9 Å². The van der Waals surface area contributed by atoms with Crippen LogP contribution in [0.4, 0.5) is 16.2 Å². The monoisotopic (exact) mass is 628 g/mol. The molecule has 2 aliphatic heterocycles. The average Bonchev–Trinajstić information content (AvgIpc) is 2.96. The summed E-state index contributed by atoms with van der Waals surface area (Å²) in [6, 6.07) is 11.3. The number of piperazine rings is 2. The third kappa shape index (κ3) is 9.01. The number of hydrogen-bond acceptors (Lipinski definition) is 9. The maximum absolute atomic E-state index is 12.1. The molecule has 12 heteroatoms. The summed E-state index contributed by atoms with van der Waals surface area (Å²) >= 11 is 11.8. The smallest absolute Gasteiger partial charge is 0.410 e. The van der Waals surface area contributed by atoms with E-state index in [9.17, 15) is 4.79 Å². The Morgan fingerprint density at radius 2 is 1.21 bits per heavy atom. The lowest BCUT2D eigenvalue weighted by Gasteiger charge is -2.36. The molecule has 0 aliphatic carbocycles. The second-order valence-electron chi connectivity index (χ2n) is 10.9. The number of amides is 1. The van der Waals surface area contributed by atoms with Gasteiger partial charge >= 0.3 is 6.09 Å². The van der Waals surface area contributed by atoms with Gasteiger partial charge in [-0.1, -0.05) is 38.1 Å². The van der Waals surface area contributed by atoms with Crippen LogP contribution >= 0.6 is 23.2 Å². The highest BCUT2D eigenvalue weighted by molar-refractivity contribution is 6.30. The molecule has 6 rings (SSSR count). The zero-order valence-corrected chi connectivity index (χ0v) is 25.0. The standard InChI is InChI=1S/C17H21ClN4O2.C12H13ClN4.2CH4/c1-17(2,3)24-16(23)22-8-6-21(7-9-22)12-10-14-13(19-11-12)4-5-15(18)20-14;13-12-2-1-10-11(16-12)7-9(8-15-10)17-5-3-14-4-6-17;;/h4-5,10-11H,6-9H2,1-3H3;1-2,7-8,14H,3-6H2;2*1H4. The Balaban J connectivity index is 0.000000236. The van der Waals surface area contributed by atoms with Crippen molar-refractivity contribution in [1.82, 2.24) is 30.2 Å². The summed E-state index contributed by atoms with van der Waals surface area (Å²) in [7, 11) is 0. The first-order chi connectivity index (χ1) is 19.6. The zero-order chi connectivity index (χ0) is 29.0. The molecule has 4 aromatic rings. The number of hydrogen-bond donors (Lipinski definition) is 1. The zero-order valence-electron chi connectivity index (χ0n) is 23.5. The van der Waals surface area contributed by atoms with E-state index in [0.29, 0.717) is 23.4 Å². The van der Waals surface area contributed by atoms with Gasteiger partial charge in [0.25, 0.3) is 0 Å². The summed E-state index contributed by atoms with van der Waals surface area (Å²) in [5.41, 5.74) is 4.96. The number of carbonyl (C=O) groups is 1. The van der Waals surface area contributed by atoms with Crippen molar-refractivity contribution >= 4 is 62.7 Å². The molecule has 0 saturated carbocycles. The number of halogens is 2. The van der Waals surface area contributed by atoms with Crippen molar-refractivity contribution in [3.8, 4) is 0 Å². The van der Waals surface area contributed by atoms with Crippen molar-refractivity contribution in [2.24, 2.45) is 0 Å². The Bertz CT molecular complexity index is 1520. The first-order valence-corrected chi connectivity index (χ1v) is 14.4. The van der Waals surface area contributed by atoms with E-state index in [1.165, 1.54) is 0 Å². The summed E-state index contributed by atoms with van der Waals surface area (Å²) in [6.07, 6.45) is 3.48. The summed E-state index contributed by atoms with van der Waals surface area (Å²) in [5, 5.41) is 4.30. The van der Waals surface area contributed by atoms with Crippen LogP contribution in [0.1, 0.15) is 35.6 Å². The number of nitrogens with one attached hydrogen (secondary N) is 1. The SMILES string of the molecule is C.C.CC(C)(C)OC(=O)N1CCN(c2cnc3ccc(Cl)nc3c2)CC1.Clc1ccc2ncc(N3CCNCC3)cc2n1. The molecule has 1 N–H and O–H groups in total. The molecule has 2 aliphatic rings. The molecule has 0 unspecified atom stereocenters. The molecule has 6 heterocycles. The molecule has 2 fully saturated rings. The molecule has 0 radical (unpaired) electrons. The maximum Gasteiger partial charge on any atom is 0.410 e. The lowest BCUT2D eigenvalue weighted by atomic mass is 10.2. The molecule has 0 spiro atoms. The number of pyridine rings is 4. The summed E-state index contributed by atoms with van der Waals surface area (Å²) in [6.45, 7) is 12.4. The molecule has 1 amide bonds.